The zero-order chi connectivity index (χ0) is 24.1. The fourth-order valence-corrected chi connectivity index (χ4v) is 4.84. The van der Waals surface area contributed by atoms with Gasteiger partial charge in [-0.2, -0.15) is 0 Å². The van der Waals surface area contributed by atoms with E-state index in [4.69, 9.17) is 42.4 Å². The van der Waals surface area contributed by atoms with Crippen molar-refractivity contribution in [1.82, 2.24) is 14.1 Å². The molecule has 0 bridgehead atoms. The largest absolute Gasteiger partial charge is 0.493 e. The van der Waals surface area contributed by atoms with Gasteiger partial charge in [-0.3, -0.25) is 0 Å². The lowest BCUT2D eigenvalue weighted by Gasteiger charge is -2.15. The van der Waals surface area contributed by atoms with Gasteiger partial charge in [-0.05, 0) is 36.8 Å². The van der Waals surface area contributed by atoms with Crippen LogP contribution in [0.15, 0.2) is 59.4 Å². The second kappa shape index (κ2) is 11.0. The monoisotopic (exact) mass is 518 g/mol. The first-order chi connectivity index (χ1) is 16.5. The van der Waals surface area contributed by atoms with E-state index in [1.807, 2.05) is 30.7 Å². The Balaban J connectivity index is 1.79. The molecule has 0 unspecified atom stereocenters. The third kappa shape index (κ3) is 5.24. The smallest absolute Gasteiger partial charge is 0.203 e. The Morgan fingerprint density at radius 2 is 1.74 bits per heavy atom. The molecular formula is C24H24Cl2N4O3S. The van der Waals surface area contributed by atoms with Crippen molar-refractivity contribution in [1.29, 1.82) is 0 Å². The Labute approximate surface area is 211 Å². The summed E-state index contributed by atoms with van der Waals surface area (Å²) < 4.78 is 20.9. The van der Waals surface area contributed by atoms with Crippen LogP contribution in [0.2, 0.25) is 10.0 Å². The highest BCUT2D eigenvalue weighted by Crippen LogP contribution is 2.41. The van der Waals surface area contributed by atoms with E-state index in [1.165, 1.54) is 0 Å². The number of aromatic nitrogens is 3. The highest BCUT2D eigenvalue weighted by atomic mass is 35.5. The summed E-state index contributed by atoms with van der Waals surface area (Å²) in [5, 5.41) is 3.04. The van der Waals surface area contributed by atoms with E-state index < -0.39 is 0 Å². The topological polar surface area (TPSA) is 62.8 Å². The summed E-state index contributed by atoms with van der Waals surface area (Å²) in [6.07, 6.45) is 6.45. The van der Waals surface area contributed by atoms with Crippen molar-refractivity contribution >= 4 is 40.2 Å². The number of thiazole rings is 1. The van der Waals surface area contributed by atoms with Gasteiger partial charge in [-0.15, -0.1) is 11.3 Å². The number of rotatable bonds is 9. The minimum absolute atomic E-state index is 0.469. The molecule has 4 aromatic rings. The lowest BCUT2D eigenvalue weighted by Crippen LogP contribution is -2.17. The number of imidazole rings is 1. The molecule has 178 valence electrons. The maximum absolute atomic E-state index is 6.21. The number of ether oxygens (including phenoxy) is 3. The number of benzene rings is 2. The van der Waals surface area contributed by atoms with Gasteiger partial charge in [0, 0.05) is 36.4 Å². The van der Waals surface area contributed by atoms with Crippen LogP contribution in [0.3, 0.4) is 0 Å². The third-order valence-corrected chi connectivity index (χ3v) is 6.85. The Kier molecular flexibility index (Phi) is 7.82. The zero-order valence-electron chi connectivity index (χ0n) is 19.0. The number of methoxy groups -OCH3 is 3. The molecular weight excluding hydrogens is 495 g/mol. The van der Waals surface area contributed by atoms with Gasteiger partial charge < -0.3 is 23.3 Å². The highest BCUT2D eigenvalue weighted by molar-refractivity contribution is 7.07. The summed E-state index contributed by atoms with van der Waals surface area (Å²) in [5.41, 5.74) is 2.66. The lowest BCUT2D eigenvalue weighted by atomic mass is 10.1. The van der Waals surface area contributed by atoms with Crippen molar-refractivity contribution in [2.45, 2.75) is 19.5 Å². The van der Waals surface area contributed by atoms with E-state index in [-0.39, 0.29) is 0 Å². The highest BCUT2D eigenvalue weighted by Gasteiger charge is 2.17. The maximum atomic E-state index is 6.21. The summed E-state index contributed by atoms with van der Waals surface area (Å²) >= 11 is 13.8. The number of aryl methyl sites for hydroxylation is 1. The van der Waals surface area contributed by atoms with Crippen LogP contribution < -0.4 is 19.0 Å². The third-order valence-electron chi connectivity index (χ3n) is 5.24. The molecule has 34 heavy (non-hydrogen) atoms. The number of hydrogen-bond donors (Lipinski definition) is 0. The molecule has 0 radical (unpaired) electrons. The quantitative estimate of drug-likeness (QED) is 0.269. The second-order valence-corrected chi connectivity index (χ2v) is 8.98. The van der Waals surface area contributed by atoms with E-state index in [0.29, 0.717) is 27.3 Å². The van der Waals surface area contributed by atoms with Gasteiger partial charge in [0.15, 0.2) is 16.3 Å². The van der Waals surface area contributed by atoms with Gasteiger partial charge in [0.05, 0.1) is 49.1 Å². The molecule has 4 rings (SSSR count). The second-order valence-electron chi connectivity index (χ2n) is 7.33. The van der Waals surface area contributed by atoms with Gasteiger partial charge >= 0.3 is 0 Å². The summed E-state index contributed by atoms with van der Waals surface area (Å²) in [7, 11) is 4.81. The van der Waals surface area contributed by atoms with E-state index in [0.717, 1.165) is 41.3 Å². The summed E-state index contributed by atoms with van der Waals surface area (Å²) in [6, 6.07) is 9.25. The Bertz CT molecular complexity index is 1310. The van der Waals surface area contributed by atoms with Crippen molar-refractivity contribution in [3.63, 3.8) is 0 Å². The van der Waals surface area contributed by atoms with Crippen LogP contribution in [-0.4, -0.2) is 35.4 Å². The first-order valence-corrected chi connectivity index (χ1v) is 12.1. The van der Waals surface area contributed by atoms with Crippen LogP contribution in [0.4, 0.5) is 5.69 Å². The molecule has 0 aliphatic rings. The van der Waals surface area contributed by atoms with Crippen molar-refractivity contribution in [3.8, 4) is 28.5 Å². The Hall–Kier alpha value is -2.94. The van der Waals surface area contributed by atoms with Gasteiger partial charge in [0.2, 0.25) is 5.75 Å². The van der Waals surface area contributed by atoms with Gasteiger partial charge in [0.25, 0.3) is 0 Å². The van der Waals surface area contributed by atoms with Crippen molar-refractivity contribution in [2.24, 2.45) is 4.99 Å². The number of hydrogen-bond acceptors (Lipinski definition) is 6. The minimum Gasteiger partial charge on any atom is -0.493 e. The molecule has 0 aliphatic carbocycles. The van der Waals surface area contributed by atoms with Crippen molar-refractivity contribution in [3.05, 3.63) is 69.3 Å². The average molecular weight is 519 g/mol. The standard InChI is InChI=1S/C24H24Cl2N4O3S/c1-31-21-11-16(12-22(32-2)23(21)33-3)20-14-34-24(28-17-5-6-18(25)19(26)13-17)30(20)9-4-8-29-10-7-27-15-29/h5-7,10-15H,4,8-9H2,1-3H3. The molecule has 0 saturated heterocycles. The molecule has 0 atom stereocenters. The number of nitrogens with zero attached hydrogens (tertiary/aromatic N) is 4. The molecule has 10 heteroatoms. The fraction of sp³-hybridized carbons (Fsp3) is 0.250. The predicted molar refractivity (Wildman–Crippen MR) is 136 cm³/mol. The molecule has 0 N–H and O–H groups in total. The molecule has 7 nitrogen and oxygen atoms in total. The first kappa shape index (κ1) is 24.2. The van der Waals surface area contributed by atoms with Crippen LogP contribution in [0.1, 0.15) is 6.42 Å². The zero-order valence-corrected chi connectivity index (χ0v) is 21.3. The van der Waals surface area contributed by atoms with E-state index in [1.54, 1.807) is 51.0 Å². The SMILES string of the molecule is COc1cc(-c2csc(=Nc3ccc(Cl)c(Cl)c3)n2CCCn2ccnc2)cc(OC)c1OC. The molecule has 0 amide bonds. The fourth-order valence-electron chi connectivity index (χ4n) is 3.59. The molecule has 0 fully saturated rings. The molecule has 2 aromatic heterocycles. The molecule has 2 heterocycles. The van der Waals surface area contributed by atoms with Crippen LogP contribution in [-0.2, 0) is 13.1 Å². The van der Waals surface area contributed by atoms with E-state index in [2.05, 4.69) is 19.5 Å². The lowest BCUT2D eigenvalue weighted by molar-refractivity contribution is 0.324. The minimum atomic E-state index is 0.469. The Morgan fingerprint density at radius 1 is 0.971 bits per heavy atom. The van der Waals surface area contributed by atoms with Crippen LogP contribution in [0.25, 0.3) is 11.3 Å². The molecule has 0 aliphatic heterocycles. The van der Waals surface area contributed by atoms with E-state index in [9.17, 15) is 0 Å². The first-order valence-electron chi connectivity index (χ1n) is 10.5. The predicted octanol–water partition coefficient (Wildman–Crippen LogP) is 6.07. The van der Waals surface area contributed by atoms with Gasteiger partial charge in [-0.25, -0.2) is 9.98 Å². The number of halogens is 2. The maximum Gasteiger partial charge on any atom is 0.203 e. The molecule has 0 spiro atoms. The van der Waals surface area contributed by atoms with Gasteiger partial charge in [-0.1, -0.05) is 23.2 Å². The summed E-state index contributed by atoms with van der Waals surface area (Å²) in [6.45, 7) is 1.58. The summed E-state index contributed by atoms with van der Waals surface area (Å²) in [5.74, 6) is 1.74. The van der Waals surface area contributed by atoms with Crippen LogP contribution >= 0.6 is 34.5 Å². The van der Waals surface area contributed by atoms with E-state index >= 15 is 0 Å². The van der Waals surface area contributed by atoms with Gasteiger partial charge in [0.1, 0.15) is 0 Å². The van der Waals surface area contributed by atoms with Crippen molar-refractivity contribution in [2.75, 3.05) is 21.3 Å². The Morgan fingerprint density at radius 3 is 2.35 bits per heavy atom. The normalized spacial score (nSPS) is 11.6. The van der Waals surface area contributed by atoms with Crippen LogP contribution in [0, 0.1) is 0 Å². The molecule has 2 aromatic carbocycles. The summed E-state index contributed by atoms with van der Waals surface area (Å²) in [4.78, 5) is 9.82. The average Bonchev–Trinajstić information content (AvgIpc) is 3.51. The molecule has 0 saturated carbocycles. The van der Waals surface area contributed by atoms with Crippen molar-refractivity contribution < 1.29 is 14.2 Å². The van der Waals surface area contributed by atoms with Crippen LogP contribution in [0.5, 0.6) is 17.2 Å².